The van der Waals surface area contributed by atoms with Crippen LogP contribution < -0.4 is 9.64 Å². The van der Waals surface area contributed by atoms with Crippen molar-refractivity contribution in [2.45, 2.75) is 38.7 Å². The van der Waals surface area contributed by atoms with Gasteiger partial charge in [-0.25, -0.2) is 18.0 Å². The van der Waals surface area contributed by atoms with E-state index in [0.717, 1.165) is 13.2 Å². The number of hydrogen-bond acceptors (Lipinski definition) is 5. The first-order chi connectivity index (χ1) is 12.7. The normalized spacial score (nSPS) is 15.6. The molecular formula is C18H22F3NO5. The fourth-order valence-electron chi connectivity index (χ4n) is 2.89. The summed E-state index contributed by atoms with van der Waals surface area (Å²) >= 11 is 0. The Kier molecular flexibility index (Phi) is 6.35. The third-order valence-corrected chi connectivity index (χ3v) is 4.25. The van der Waals surface area contributed by atoms with Crippen molar-refractivity contribution in [2.75, 3.05) is 32.3 Å². The van der Waals surface area contributed by atoms with Gasteiger partial charge in [-0.2, -0.15) is 0 Å². The summed E-state index contributed by atoms with van der Waals surface area (Å²) in [5, 5.41) is 0. The van der Waals surface area contributed by atoms with Crippen LogP contribution in [0.3, 0.4) is 0 Å². The van der Waals surface area contributed by atoms with Crippen molar-refractivity contribution in [1.29, 1.82) is 0 Å². The molecule has 0 fully saturated rings. The van der Waals surface area contributed by atoms with Crippen LogP contribution >= 0.6 is 0 Å². The van der Waals surface area contributed by atoms with E-state index in [1.165, 1.54) is 18.7 Å². The molecule has 0 aromatic heterocycles. The Morgan fingerprint density at radius 2 is 1.96 bits per heavy atom. The Bertz CT molecular complexity index is 736. The maximum atomic E-state index is 14.9. The average molecular weight is 389 g/mol. The average Bonchev–Trinajstić information content (AvgIpc) is 2.61. The molecule has 0 saturated carbocycles. The second-order valence-electron chi connectivity index (χ2n) is 6.56. The van der Waals surface area contributed by atoms with E-state index in [9.17, 15) is 22.8 Å². The van der Waals surface area contributed by atoms with Crippen LogP contribution in [0.2, 0.25) is 0 Å². The number of unbranched alkanes of at least 4 members (excludes halogenated alkanes) is 1. The molecule has 27 heavy (non-hydrogen) atoms. The Labute approximate surface area is 155 Å². The highest BCUT2D eigenvalue weighted by molar-refractivity contribution is 6.04. The number of amides is 1. The van der Waals surface area contributed by atoms with Crippen LogP contribution in [-0.4, -0.2) is 44.8 Å². The molecule has 1 aromatic rings. The summed E-state index contributed by atoms with van der Waals surface area (Å²) in [4.78, 5) is 25.9. The second-order valence-corrected chi connectivity index (χ2v) is 6.56. The van der Waals surface area contributed by atoms with E-state index in [4.69, 9.17) is 9.47 Å². The predicted molar refractivity (Wildman–Crippen MR) is 90.9 cm³/mol. The molecular weight excluding hydrogens is 367 g/mol. The van der Waals surface area contributed by atoms with Gasteiger partial charge in [0.1, 0.15) is 0 Å². The highest BCUT2D eigenvalue weighted by atomic mass is 19.3. The zero-order chi connectivity index (χ0) is 20.4. The summed E-state index contributed by atoms with van der Waals surface area (Å²) in [6.45, 7) is 3.52. The summed E-state index contributed by atoms with van der Waals surface area (Å²) in [5.74, 6) is -3.43. The fraction of sp³-hybridized carbons (Fsp3) is 0.556. The molecule has 0 radical (unpaired) electrons. The molecule has 9 heteroatoms. The van der Waals surface area contributed by atoms with Gasteiger partial charge in [0.05, 0.1) is 23.9 Å². The Hall–Kier alpha value is -2.29. The number of nitrogens with zero attached hydrogens (tertiary/aromatic N) is 1. The van der Waals surface area contributed by atoms with E-state index in [-0.39, 0.29) is 12.2 Å². The van der Waals surface area contributed by atoms with Gasteiger partial charge in [-0.05, 0) is 32.8 Å². The zero-order valence-corrected chi connectivity index (χ0v) is 15.6. The lowest BCUT2D eigenvalue weighted by Crippen LogP contribution is -2.53. The van der Waals surface area contributed by atoms with Gasteiger partial charge in [0.25, 0.3) is 12.3 Å². The molecule has 0 N–H and O–H groups in total. The highest BCUT2D eigenvalue weighted by Gasteiger charge is 2.44. The van der Waals surface area contributed by atoms with Crippen LogP contribution in [0.5, 0.6) is 5.75 Å². The number of alkyl halides is 2. The van der Waals surface area contributed by atoms with Crippen molar-refractivity contribution in [1.82, 2.24) is 0 Å². The molecule has 1 heterocycles. The fourth-order valence-corrected chi connectivity index (χ4v) is 2.89. The van der Waals surface area contributed by atoms with E-state index in [1.54, 1.807) is 7.11 Å². The van der Waals surface area contributed by atoms with Crippen molar-refractivity contribution in [3.05, 3.63) is 23.0 Å². The summed E-state index contributed by atoms with van der Waals surface area (Å²) in [7, 11) is 2.55. The van der Waals surface area contributed by atoms with E-state index >= 15 is 0 Å². The van der Waals surface area contributed by atoms with Crippen LogP contribution in [0, 0.1) is 5.82 Å². The molecule has 1 aliphatic rings. The molecule has 0 bridgehead atoms. The summed E-state index contributed by atoms with van der Waals surface area (Å²) in [5.41, 5.74) is -3.26. The molecule has 6 nitrogen and oxygen atoms in total. The van der Waals surface area contributed by atoms with Crippen molar-refractivity contribution in [3.63, 3.8) is 0 Å². The Morgan fingerprint density at radius 1 is 1.30 bits per heavy atom. The van der Waals surface area contributed by atoms with Crippen LogP contribution in [0.25, 0.3) is 0 Å². The van der Waals surface area contributed by atoms with E-state index in [0.29, 0.717) is 19.4 Å². The van der Waals surface area contributed by atoms with Crippen molar-refractivity contribution >= 4 is 17.6 Å². The lowest BCUT2D eigenvalue weighted by Gasteiger charge is -2.39. The number of benzene rings is 1. The van der Waals surface area contributed by atoms with Gasteiger partial charge in [0, 0.05) is 20.3 Å². The number of methoxy groups -OCH3 is 2. The SMILES string of the molecule is COCCCCN1C(=O)C(C)(C)Oc2c1cc(C(=O)OC)c(C(F)F)c2F. The zero-order valence-electron chi connectivity index (χ0n) is 15.6. The third-order valence-electron chi connectivity index (χ3n) is 4.25. The number of carbonyl (C=O) groups excluding carboxylic acids is 2. The first kappa shape index (κ1) is 21.0. The van der Waals surface area contributed by atoms with Crippen molar-refractivity contribution in [3.8, 4) is 5.75 Å². The number of carbonyl (C=O) groups is 2. The summed E-state index contributed by atoms with van der Waals surface area (Å²) < 4.78 is 56.6. The topological polar surface area (TPSA) is 65.1 Å². The van der Waals surface area contributed by atoms with Gasteiger partial charge < -0.3 is 19.1 Å². The van der Waals surface area contributed by atoms with Crippen LogP contribution in [-0.2, 0) is 14.3 Å². The molecule has 150 valence electrons. The number of ether oxygens (including phenoxy) is 3. The lowest BCUT2D eigenvalue weighted by molar-refractivity contribution is -0.132. The smallest absolute Gasteiger partial charge is 0.338 e. The molecule has 1 amide bonds. The molecule has 0 atom stereocenters. The molecule has 0 aliphatic carbocycles. The standard InChI is InChI=1S/C18H22F3NO5/c1-18(2)17(24)22(7-5-6-8-25-3)11-9-10(16(23)26-4)12(15(20)21)13(19)14(11)27-18/h9,15H,5-8H2,1-4H3. The van der Waals surface area contributed by atoms with Gasteiger partial charge in [-0.15, -0.1) is 0 Å². The number of esters is 1. The minimum Gasteiger partial charge on any atom is -0.473 e. The molecule has 0 spiro atoms. The van der Waals surface area contributed by atoms with Gasteiger partial charge in [-0.3, -0.25) is 4.79 Å². The molecule has 1 aliphatic heterocycles. The lowest BCUT2D eigenvalue weighted by atomic mass is 9.98. The maximum Gasteiger partial charge on any atom is 0.338 e. The first-order valence-corrected chi connectivity index (χ1v) is 8.38. The quantitative estimate of drug-likeness (QED) is 0.528. The molecule has 0 saturated heterocycles. The highest BCUT2D eigenvalue weighted by Crippen LogP contribution is 2.44. The summed E-state index contributed by atoms with van der Waals surface area (Å²) in [6.07, 6.45) is -2.09. The van der Waals surface area contributed by atoms with Crippen LogP contribution in [0.15, 0.2) is 6.07 Å². The third kappa shape index (κ3) is 4.02. The maximum absolute atomic E-state index is 14.9. The first-order valence-electron chi connectivity index (χ1n) is 8.38. The van der Waals surface area contributed by atoms with E-state index < -0.39 is 46.6 Å². The molecule has 2 rings (SSSR count). The largest absolute Gasteiger partial charge is 0.473 e. The number of anilines is 1. The minimum atomic E-state index is -3.26. The number of halogens is 3. The monoisotopic (exact) mass is 389 g/mol. The Morgan fingerprint density at radius 3 is 2.52 bits per heavy atom. The minimum absolute atomic E-state index is 0.0703. The van der Waals surface area contributed by atoms with E-state index in [2.05, 4.69) is 4.74 Å². The predicted octanol–water partition coefficient (Wildman–Crippen LogP) is 3.48. The van der Waals surface area contributed by atoms with Gasteiger partial charge >= 0.3 is 5.97 Å². The number of fused-ring (bicyclic) bond motifs is 1. The number of hydrogen-bond donors (Lipinski definition) is 0. The van der Waals surface area contributed by atoms with Gasteiger partial charge in [0.15, 0.2) is 17.2 Å². The molecule has 1 aromatic carbocycles. The van der Waals surface area contributed by atoms with Crippen molar-refractivity contribution < 1.29 is 37.0 Å². The van der Waals surface area contributed by atoms with Gasteiger partial charge in [0.2, 0.25) is 0 Å². The van der Waals surface area contributed by atoms with Crippen LogP contribution in [0.1, 0.15) is 49.0 Å². The molecule has 0 unspecified atom stereocenters. The van der Waals surface area contributed by atoms with Crippen LogP contribution in [0.4, 0.5) is 18.9 Å². The number of rotatable bonds is 7. The summed E-state index contributed by atoms with van der Waals surface area (Å²) in [6, 6.07) is 1.02. The van der Waals surface area contributed by atoms with Gasteiger partial charge in [-0.1, -0.05) is 0 Å². The Balaban J connectivity index is 2.60. The second kappa shape index (κ2) is 8.16. The van der Waals surface area contributed by atoms with Crippen molar-refractivity contribution in [2.24, 2.45) is 0 Å². The van der Waals surface area contributed by atoms with E-state index in [1.807, 2.05) is 0 Å².